The van der Waals surface area contributed by atoms with Gasteiger partial charge in [0.1, 0.15) is 0 Å². The molecule has 0 aliphatic carbocycles. The highest BCUT2D eigenvalue weighted by atomic mass is 79.9. The molecule has 0 bridgehead atoms. The molecule has 1 aromatic carbocycles. The zero-order chi connectivity index (χ0) is 13.5. The first-order chi connectivity index (χ1) is 9.25. The van der Waals surface area contributed by atoms with E-state index in [0.717, 1.165) is 36.8 Å². The second-order valence-corrected chi connectivity index (χ2v) is 5.72. The van der Waals surface area contributed by atoms with Crippen LogP contribution in [0.3, 0.4) is 0 Å². The van der Waals surface area contributed by atoms with Crippen LogP contribution < -0.4 is 5.32 Å². The van der Waals surface area contributed by atoms with Crippen molar-refractivity contribution in [3.63, 3.8) is 0 Å². The van der Waals surface area contributed by atoms with Crippen LogP contribution in [0.2, 0.25) is 0 Å². The van der Waals surface area contributed by atoms with Crippen molar-refractivity contribution in [2.45, 2.75) is 38.2 Å². The average molecular weight is 326 g/mol. The number of hydrogen-bond donors (Lipinski definition) is 1. The topological polar surface area (TPSA) is 38.3 Å². The Bertz CT molecular complexity index is 416. The zero-order valence-electron chi connectivity index (χ0n) is 11.0. The van der Waals surface area contributed by atoms with E-state index in [2.05, 4.69) is 27.3 Å². The molecule has 1 aromatic rings. The normalized spacial score (nSPS) is 18.5. The molecule has 4 heteroatoms. The molecule has 1 amide bonds. The minimum atomic E-state index is 0.127. The molecule has 19 heavy (non-hydrogen) atoms. The van der Waals surface area contributed by atoms with Crippen molar-refractivity contribution in [1.29, 1.82) is 0 Å². The number of benzene rings is 1. The van der Waals surface area contributed by atoms with E-state index < -0.39 is 0 Å². The third-order valence-electron chi connectivity index (χ3n) is 3.39. The first kappa shape index (κ1) is 14.5. The molecule has 2 rings (SSSR count). The molecule has 1 N–H and O–H groups in total. The van der Waals surface area contributed by atoms with E-state index in [0.29, 0.717) is 19.1 Å². The van der Waals surface area contributed by atoms with Gasteiger partial charge < -0.3 is 10.1 Å². The summed E-state index contributed by atoms with van der Waals surface area (Å²) in [4.78, 5) is 11.7. The lowest BCUT2D eigenvalue weighted by Crippen LogP contribution is -2.26. The second-order valence-electron chi connectivity index (χ2n) is 4.87. The average Bonchev–Trinajstić information content (AvgIpc) is 2.92. The number of ether oxygens (including phenoxy) is 1. The Balaban J connectivity index is 1.62. The van der Waals surface area contributed by atoms with Crippen LogP contribution in [0, 0.1) is 0 Å². The van der Waals surface area contributed by atoms with Crippen molar-refractivity contribution in [3.05, 3.63) is 34.3 Å². The lowest BCUT2D eigenvalue weighted by atomic mass is 10.1. The molecule has 0 saturated carbocycles. The Morgan fingerprint density at radius 3 is 3.00 bits per heavy atom. The molecule has 1 atom stereocenters. The van der Waals surface area contributed by atoms with Gasteiger partial charge in [-0.15, -0.1) is 0 Å². The number of nitrogens with one attached hydrogen (secondary N) is 1. The van der Waals surface area contributed by atoms with Gasteiger partial charge in [-0.25, -0.2) is 0 Å². The van der Waals surface area contributed by atoms with E-state index in [4.69, 9.17) is 4.74 Å². The quantitative estimate of drug-likeness (QED) is 0.872. The first-order valence-corrected chi connectivity index (χ1v) is 7.66. The zero-order valence-corrected chi connectivity index (χ0v) is 12.6. The SMILES string of the molecule is O=C(CCC1CCCO1)NCCc1ccccc1Br. The maximum atomic E-state index is 11.7. The van der Waals surface area contributed by atoms with E-state index in [1.165, 1.54) is 5.56 Å². The smallest absolute Gasteiger partial charge is 0.220 e. The molecule has 1 fully saturated rings. The van der Waals surface area contributed by atoms with Gasteiger partial charge in [0.2, 0.25) is 5.91 Å². The molecule has 1 heterocycles. The summed E-state index contributed by atoms with van der Waals surface area (Å²) in [6.07, 6.45) is 4.81. The number of carbonyl (C=O) groups excluding carboxylic acids is 1. The van der Waals surface area contributed by atoms with E-state index in [9.17, 15) is 4.79 Å². The van der Waals surface area contributed by atoms with Gasteiger partial charge in [-0.3, -0.25) is 4.79 Å². The molecule has 0 aromatic heterocycles. The monoisotopic (exact) mass is 325 g/mol. The van der Waals surface area contributed by atoms with E-state index in [1.807, 2.05) is 18.2 Å². The van der Waals surface area contributed by atoms with Crippen LogP contribution in [-0.2, 0) is 16.0 Å². The Labute approximate surface area is 122 Å². The maximum absolute atomic E-state index is 11.7. The highest BCUT2D eigenvalue weighted by Gasteiger charge is 2.16. The minimum absolute atomic E-state index is 0.127. The summed E-state index contributed by atoms with van der Waals surface area (Å²) in [5.41, 5.74) is 1.22. The van der Waals surface area contributed by atoms with Gasteiger partial charge >= 0.3 is 0 Å². The standard InChI is InChI=1S/C15H20BrNO2/c16-14-6-2-1-4-12(14)9-10-17-15(18)8-7-13-5-3-11-19-13/h1-2,4,6,13H,3,5,7-11H2,(H,17,18). The van der Waals surface area contributed by atoms with Crippen LogP contribution >= 0.6 is 15.9 Å². The predicted molar refractivity (Wildman–Crippen MR) is 79.1 cm³/mol. The van der Waals surface area contributed by atoms with Crippen LogP contribution in [0.25, 0.3) is 0 Å². The molecule has 1 unspecified atom stereocenters. The van der Waals surface area contributed by atoms with Crippen molar-refractivity contribution in [2.24, 2.45) is 0 Å². The van der Waals surface area contributed by atoms with E-state index in [1.54, 1.807) is 0 Å². The third-order valence-corrected chi connectivity index (χ3v) is 4.17. The van der Waals surface area contributed by atoms with Gasteiger partial charge in [-0.1, -0.05) is 34.1 Å². The minimum Gasteiger partial charge on any atom is -0.378 e. The summed E-state index contributed by atoms with van der Waals surface area (Å²) in [5.74, 6) is 0.127. The molecule has 0 radical (unpaired) electrons. The van der Waals surface area contributed by atoms with Crippen LogP contribution in [0.15, 0.2) is 28.7 Å². The molecule has 1 aliphatic heterocycles. The third kappa shape index (κ3) is 4.96. The van der Waals surface area contributed by atoms with Gasteiger partial charge in [-0.05, 0) is 37.3 Å². The van der Waals surface area contributed by atoms with Crippen molar-refractivity contribution in [3.8, 4) is 0 Å². The van der Waals surface area contributed by atoms with Crippen LogP contribution in [0.1, 0.15) is 31.2 Å². The Morgan fingerprint density at radius 1 is 1.42 bits per heavy atom. The molecule has 104 valence electrons. The highest BCUT2D eigenvalue weighted by molar-refractivity contribution is 9.10. The number of halogens is 1. The fourth-order valence-corrected chi connectivity index (χ4v) is 2.77. The van der Waals surface area contributed by atoms with Gasteiger partial charge in [0.15, 0.2) is 0 Å². The Morgan fingerprint density at radius 2 is 2.26 bits per heavy atom. The molecule has 3 nitrogen and oxygen atoms in total. The lowest BCUT2D eigenvalue weighted by molar-refractivity contribution is -0.121. The number of carbonyl (C=O) groups is 1. The Hall–Kier alpha value is -0.870. The van der Waals surface area contributed by atoms with Crippen molar-refractivity contribution >= 4 is 21.8 Å². The summed E-state index contributed by atoms with van der Waals surface area (Å²) >= 11 is 3.51. The second kappa shape index (κ2) is 7.65. The van der Waals surface area contributed by atoms with Crippen molar-refractivity contribution in [2.75, 3.05) is 13.2 Å². The fraction of sp³-hybridized carbons (Fsp3) is 0.533. The van der Waals surface area contributed by atoms with Gasteiger partial charge in [0.25, 0.3) is 0 Å². The van der Waals surface area contributed by atoms with Gasteiger partial charge in [-0.2, -0.15) is 0 Å². The first-order valence-electron chi connectivity index (χ1n) is 6.87. The number of hydrogen-bond acceptors (Lipinski definition) is 2. The number of rotatable bonds is 6. The van der Waals surface area contributed by atoms with Crippen molar-refractivity contribution in [1.82, 2.24) is 5.32 Å². The van der Waals surface area contributed by atoms with E-state index >= 15 is 0 Å². The van der Waals surface area contributed by atoms with Crippen LogP contribution in [0.5, 0.6) is 0 Å². The van der Waals surface area contributed by atoms with Crippen molar-refractivity contribution < 1.29 is 9.53 Å². The highest BCUT2D eigenvalue weighted by Crippen LogP contribution is 2.17. The Kier molecular flexibility index (Phi) is 5.86. The molecular weight excluding hydrogens is 306 g/mol. The number of amides is 1. The largest absolute Gasteiger partial charge is 0.378 e. The summed E-state index contributed by atoms with van der Waals surface area (Å²) < 4.78 is 6.61. The molecule has 1 aliphatic rings. The lowest BCUT2D eigenvalue weighted by Gasteiger charge is -2.09. The van der Waals surface area contributed by atoms with Crippen LogP contribution in [0.4, 0.5) is 0 Å². The fourth-order valence-electron chi connectivity index (χ4n) is 2.29. The molecule has 0 spiro atoms. The summed E-state index contributed by atoms with van der Waals surface area (Å²) in [7, 11) is 0. The summed E-state index contributed by atoms with van der Waals surface area (Å²) in [5, 5.41) is 2.97. The molecule has 1 saturated heterocycles. The maximum Gasteiger partial charge on any atom is 0.220 e. The summed E-state index contributed by atoms with van der Waals surface area (Å²) in [6.45, 7) is 1.54. The van der Waals surface area contributed by atoms with Gasteiger partial charge in [0, 0.05) is 24.0 Å². The van der Waals surface area contributed by atoms with Gasteiger partial charge in [0.05, 0.1) is 6.10 Å². The van der Waals surface area contributed by atoms with E-state index in [-0.39, 0.29) is 5.91 Å². The molecular formula is C15H20BrNO2. The predicted octanol–water partition coefficient (Wildman–Crippen LogP) is 3.07. The summed E-state index contributed by atoms with van der Waals surface area (Å²) in [6, 6.07) is 8.10. The van der Waals surface area contributed by atoms with Crippen LogP contribution in [-0.4, -0.2) is 25.2 Å².